The molecule has 1 fully saturated rings. The summed E-state index contributed by atoms with van der Waals surface area (Å²) in [6.07, 6.45) is 0.974. The highest BCUT2D eigenvalue weighted by Gasteiger charge is 2.43. The predicted molar refractivity (Wildman–Crippen MR) is 136 cm³/mol. The molecule has 2 aromatic carbocycles. The molecule has 35 heavy (non-hydrogen) atoms. The predicted octanol–water partition coefficient (Wildman–Crippen LogP) is 4.57. The summed E-state index contributed by atoms with van der Waals surface area (Å²) in [6.45, 7) is 11.3. The van der Waals surface area contributed by atoms with Crippen molar-refractivity contribution in [2.45, 2.75) is 84.7 Å². The van der Waals surface area contributed by atoms with Crippen LogP contribution in [0.1, 0.15) is 68.8 Å². The Bertz CT molecular complexity index is 1060. The molecule has 2 N–H and O–H groups in total. The summed E-state index contributed by atoms with van der Waals surface area (Å²) in [7, 11) is 0. The van der Waals surface area contributed by atoms with E-state index in [2.05, 4.69) is 10.6 Å². The first kappa shape index (κ1) is 26.3. The lowest BCUT2D eigenvalue weighted by molar-refractivity contribution is -0.143. The molecule has 0 spiro atoms. The van der Waals surface area contributed by atoms with Crippen LogP contribution in [0.4, 0.5) is 4.79 Å². The number of rotatable bonds is 8. The van der Waals surface area contributed by atoms with Crippen LogP contribution >= 0.6 is 0 Å². The SMILES string of the molecule is Cc1ccc(C(C(=O)NCc2ccccc2)N(C(=O)C(C)NC(=O)OC(C)(C)C)C2CC2)cc1C. The van der Waals surface area contributed by atoms with Crippen molar-refractivity contribution < 1.29 is 19.1 Å². The number of amides is 3. The van der Waals surface area contributed by atoms with Gasteiger partial charge in [-0.2, -0.15) is 0 Å². The molecule has 1 aliphatic rings. The fourth-order valence-electron chi connectivity index (χ4n) is 3.90. The third-order valence-corrected chi connectivity index (χ3v) is 5.98. The second kappa shape index (κ2) is 10.9. The van der Waals surface area contributed by atoms with Gasteiger partial charge in [0.2, 0.25) is 11.8 Å². The Morgan fingerprint density at radius 3 is 2.26 bits per heavy atom. The first-order valence-corrected chi connectivity index (χ1v) is 12.2. The molecular weight excluding hydrogens is 442 g/mol. The highest BCUT2D eigenvalue weighted by atomic mass is 16.6. The number of nitrogens with zero attached hydrogens (tertiary/aromatic N) is 1. The molecule has 7 heteroatoms. The molecular formula is C28H37N3O4. The zero-order valence-electron chi connectivity index (χ0n) is 21.6. The van der Waals surface area contributed by atoms with E-state index in [9.17, 15) is 14.4 Å². The van der Waals surface area contributed by atoms with Crippen molar-refractivity contribution in [1.82, 2.24) is 15.5 Å². The minimum absolute atomic E-state index is 0.0560. The summed E-state index contributed by atoms with van der Waals surface area (Å²) in [5, 5.41) is 5.65. The number of aryl methyl sites for hydroxylation is 2. The van der Waals surface area contributed by atoms with Crippen LogP contribution in [0.3, 0.4) is 0 Å². The fourth-order valence-corrected chi connectivity index (χ4v) is 3.90. The Morgan fingerprint density at radius 2 is 1.69 bits per heavy atom. The molecule has 2 atom stereocenters. The number of carbonyl (C=O) groups is 3. The molecule has 0 aliphatic heterocycles. The average molecular weight is 480 g/mol. The highest BCUT2D eigenvalue weighted by Crippen LogP contribution is 2.36. The van der Waals surface area contributed by atoms with E-state index in [0.29, 0.717) is 6.54 Å². The molecule has 0 saturated heterocycles. The van der Waals surface area contributed by atoms with E-state index in [4.69, 9.17) is 4.74 Å². The minimum atomic E-state index is -0.846. The largest absolute Gasteiger partial charge is 0.444 e. The van der Waals surface area contributed by atoms with Crippen molar-refractivity contribution in [3.05, 3.63) is 70.8 Å². The van der Waals surface area contributed by atoms with Crippen LogP contribution in [-0.2, 0) is 20.9 Å². The standard InChI is InChI=1S/C28H37N3O4/c1-18-12-13-22(16-19(18)2)24(25(32)29-17-21-10-8-7-9-11-21)31(23-14-15-23)26(33)20(3)30-27(34)35-28(4,5)6/h7-13,16,20,23-24H,14-15,17H2,1-6H3,(H,29,32)(H,30,34). The molecule has 7 nitrogen and oxygen atoms in total. The van der Waals surface area contributed by atoms with Gasteiger partial charge in [0.15, 0.2) is 0 Å². The van der Waals surface area contributed by atoms with Gasteiger partial charge in [0.05, 0.1) is 0 Å². The molecule has 3 rings (SSSR count). The van der Waals surface area contributed by atoms with Crippen molar-refractivity contribution in [2.75, 3.05) is 0 Å². The van der Waals surface area contributed by atoms with Gasteiger partial charge in [0, 0.05) is 12.6 Å². The van der Waals surface area contributed by atoms with E-state index < -0.39 is 23.8 Å². The lowest BCUT2D eigenvalue weighted by atomic mass is 9.98. The Kier molecular flexibility index (Phi) is 8.20. The van der Waals surface area contributed by atoms with Gasteiger partial charge in [-0.25, -0.2) is 4.79 Å². The number of nitrogens with one attached hydrogen (secondary N) is 2. The van der Waals surface area contributed by atoms with Crippen LogP contribution in [0.5, 0.6) is 0 Å². The molecule has 188 valence electrons. The zero-order chi connectivity index (χ0) is 25.8. The van der Waals surface area contributed by atoms with Crippen molar-refractivity contribution in [3.63, 3.8) is 0 Å². The normalized spacial score (nSPS) is 15.0. The lowest BCUT2D eigenvalue weighted by Gasteiger charge is -2.34. The maximum Gasteiger partial charge on any atom is 0.408 e. The van der Waals surface area contributed by atoms with Gasteiger partial charge < -0.3 is 20.3 Å². The van der Waals surface area contributed by atoms with Crippen molar-refractivity contribution in [1.29, 1.82) is 0 Å². The summed E-state index contributed by atoms with van der Waals surface area (Å²) < 4.78 is 5.32. The van der Waals surface area contributed by atoms with Crippen LogP contribution in [0.15, 0.2) is 48.5 Å². The van der Waals surface area contributed by atoms with Gasteiger partial charge in [0.1, 0.15) is 17.7 Å². The third kappa shape index (κ3) is 7.31. The number of ether oxygens (including phenoxy) is 1. The molecule has 0 heterocycles. The van der Waals surface area contributed by atoms with Crippen LogP contribution in [0.25, 0.3) is 0 Å². The molecule has 1 aliphatic carbocycles. The second-order valence-electron chi connectivity index (χ2n) is 10.3. The molecule has 0 bridgehead atoms. The van der Waals surface area contributed by atoms with Crippen LogP contribution in [0.2, 0.25) is 0 Å². The summed E-state index contributed by atoms with van der Waals surface area (Å²) >= 11 is 0. The van der Waals surface area contributed by atoms with Gasteiger partial charge in [0.25, 0.3) is 0 Å². The summed E-state index contributed by atoms with van der Waals surface area (Å²) in [6, 6.07) is 13.8. The fraction of sp³-hybridized carbons (Fsp3) is 0.464. The second-order valence-corrected chi connectivity index (χ2v) is 10.3. The number of hydrogen-bond donors (Lipinski definition) is 2. The Hall–Kier alpha value is -3.35. The molecule has 2 unspecified atom stereocenters. The number of carbonyl (C=O) groups excluding carboxylic acids is 3. The smallest absolute Gasteiger partial charge is 0.408 e. The van der Waals surface area contributed by atoms with Gasteiger partial charge in [-0.05, 0) is 76.6 Å². The van der Waals surface area contributed by atoms with E-state index in [-0.39, 0.29) is 17.9 Å². The Labute approximate surface area is 208 Å². The van der Waals surface area contributed by atoms with Gasteiger partial charge >= 0.3 is 6.09 Å². The molecule has 2 aromatic rings. The minimum Gasteiger partial charge on any atom is -0.444 e. The molecule has 0 radical (unpaired) electrons. The monoisotopic (exact) mass is 479 g/mol. The van der Waals surface area contributed by atoms with E-state index in [0.717, 1.165) is 35.1 Å². The first-order valence-electron chi connectivity index (χ1n) is 12.2. The number of benzene rings is 2. The summed E-state index contributed by atoms with van der Waals surface area (Å²) in [4.78, 5) is 41.2. The maximum absolute atomic E-state index is 13.6. The van der Waals surface area contributed by atoms with E-state index in [1.54, 1.807) is 32.6 Å². The van der Waals surface area contributed by atoms with Gasteiger partial charge in [-0.15, -0.1) is 0 Å². The first-order chi connectivity index (χ1) is 16.5. The average Bonchev–Trinajstić information content (AvgIpc) is 3.61. The number of hydrogen-bond acceptors (Lipinski definition) is 4. The number of alkyl carbamates (subject to hydrolysis) is 1. The van der Waals surface area contributed by atoms with Crippen LogP contribution in [-0.4, -0.2) is 40.5 Å². The topological polar surface area (TPSA) is 87.7 Å². The van der Waals surface area contributed by atoms with Crippen molar-refractivity contribution >= 4 is 17.9 Å². The molecule has 1 saturated carbocycles. The van der Waals surface area contributed by atoms with E-state index in [1.165, 1.54) is 0 Å². The van der Waals surface area contributed by atoms with Crippen LogP contribution < -0.4 is 10.6 Å². The summed E-state index contributed by atoms with van der Waals surface area (Å²) in [5.41, 5.74) is 3.21. The molecule has 3 amide bonds. The third-order valence-electron chi connectivity index (χ3n) is 5.98. The van der Waals surface area contributed by atoms with E-state index in [1.807, 2.05) is 62.4 Å². The molecule has 0 aromatic heterocycles. The zero-order valence-corrected chi connectivity index (χ0v) is 21.6. The Balaban J connectivity index is 1.87. The van der Waals surface area contributed by atoms with Crippen molar-refractivity contribution in [3.8, 4) is 0 Å². The lowest BCUT2D eigenvalue weighted by Crippen LogP contribution is -2.52. The highest BCUT2D eigenvalue weighted by molar-refractivity contribution is 5.92. The van der Waals surface area contributed by atoms with Gasteiger partial charge in [-0.1, -0.05) is 48.5 Å². The quantitative estimate of drug-likeness (QED) is 0.581. The van der Waals surface area contributed by atoms with Crippen molar-refractivity contribution in [2.24, 2.45) is 0 Å². The summed E-state index contributed by atoms with van der Waals surface area (Å²) in [5.74, 6) is -0.557. The van der Waals surface area contributed by atoms with E-state index >= 15 is 0 Å². The maximum atomic E-state index is 13.6. The van der Waals surface area contributed by atoms with Crippen LogP contribution in [0, 0.1) is 13.8 Å². The van der Waals surface area contributed by atoms with Gasteiger partial charge in [-0.3, -0.25) is 9.59 Å². The Morgan fingerprint density at radius 1 is 1.03 bits per heavy atom.